The van der Waals surface area contributed by atoms with Gasteiger partial charge in [0.15, 0.2) is 0 Å². The maximum absolute atomic E-state index is 5.81. The summed E-state index contributed by atoms with van der Waals surface area (Å²) in [6.07, 6.45) is 0. The SMILES string of the molecule is C[C](C)(C)[Ge][O][Ge][C](C)(C)C. The second-order valence-electron chi connectivity index (χ2n) is 4.81. The number of hydrogen-bond donors (Lipinski definition) is 0. The molecule has 0 heterocycles. The average Bonchev–Trinajstić information content (AvgIpc) is 1.55. The second-order valence-corrected chi connectivity index (χ2v) is 14.6. The van der Waals surface area contributed by atoms with Crippen molar-refractivity contribution in [1.82, 2.24) is 0 Å². The second kappa shape index (κ2) is 4.33. The molecule has 0 aliphatic carbocycles. The molecule has 0 fully saturated rings. The van der Waals surface area contributed by atoms with Gasteiger partial charge >= 0.3 is 84.4 Å². The van der Waals surface area contributed by atoms with E-state index in [9.17, 15) is 0 Å². The predicted octanol–water partition coefficient (Wildman–Crippen LogP) is 2.68. The van der Waals surface area contributed by atoms with Crippen molar-refractivity contribution in [1.29, 1.82) is 0 Å². The summed E-state index contributed by atoms with van der Waals surface area (Å²) in [4.78, 5) is 0. The molecule has 0 bridgehead atoms. The third-order valence-electron chi connectivity index (χ3n) is 0.714. The van der Waals surface area contributed by atoms with Gasteiger partial charge in [0, 0.05) is 0 Å². The van der Waals surface area contributed by atoms with Gasteiger partial charge in [-0.2, -0.15) is 0 Å². The summed E-state index contributed by atoms with van der Waals surface area (Å²) in [6, 6.07) is 0. The van der Waals surface area contributed by atoms with E-state index in [0.29, 0.717) is 8.49 Å². The van der Waals surface area contributed by atoms with Gasteiger partial charge in [0.25, 0.3) is 0 Å². The summed E-state index contributed by atoms with van der Waals surface area (Å²) in [7, 11) is 0. The van der Waals surface area contributed by atoms with Crippen LogP contribution in [0.25, 0.3) is 0 Å². The van der Waals surface area contributed by atoms with Crippen LogP contribution in [0.2, 0.25) is 8.49 Å². The monoisotopic (exact) mass is 278 g/mol. The fraction of sp³-hybridized carbons (Fsp3) is 1.00. The average molecular weight is 275 g/mol. The van der Waals surface area contributed by atoms with Gasteiger partial charge in [0.2, 0.25) is 0 Å². The van der Waals surface area contributed by atoms with Crippen LogP contribution in [-0.2, 0) is 2.79 Å². The fourth-order valence-corrected chi connectivity index (χ4v) is 8.96. The first-order chi connectivity index (χ1) is 4.71. The van der Waals surface area contributed by atoms with Crippen molar-refractivity contribution in [2.24, 2.45) is 0 Å². The summed E-state index contributed by atoms with van der Waals surface area (Å²) in [6.45, 7) is 13.6. The van der Waals surface area contributed by atoms with Gasteiger partial charge in [0.1, 0.15) is 0 Å². The number of rotatable bonds is 2. The molecule has 4 radical (unpaired) electrons. The first-order valence-corrected chi connectivity index (χ1v) is 7.72. The minimum absolute atomic E-state index is 0.156. The molecule has 3 heteroatoms. The third-order valence-corrected chi connectivity index (χ3v) is 5.94. The third kappa shape index (κ3) is 11.0. The van der Waals surface area contributed by atoms with Gasteiger partial charge in [-0.25, -0.2) is 0 Å². The van der Waals surface area contributed by atoms with E-state index in [1.165, 1.54) is 0 Å². The van der Waals surface area contributed by atoms with Crippen LogP contribution in [0.5, 0.6) is 0 Å². The van der Waals surface area contributed by atoms with Gasteiger partial charge in [-0.1, -0.05) is 0 Å². The molecule has 0 saturated heterocycles. The first kappa shape index (κ1) is 12.0. The Morgan fingerprint density at radius 3 is 1.18 bits per heavy atom. The molecular formula is C8H18Ge2O. The Labute approximate surface area is 84.3 Å². The Morgan fingerprint density at radius 2 is 1.00 bits per heavy atom. The summed E-state index contributed by atoms with van der Waals surface area (Å²) in [5, 5.41) is 0. The summed E-state index contributed by atoms with van der Waals surface area (Å²) >= 11 is -0.313. The van der Waals surface area contributed by atoms with Crippen LogP contribution in [-0.4, -0.2) is 31.5 Å². The zero-order valence-corrected chi connectivity index (χ0v) is 12.6. The zero-order chi connectivity index (χ0) is 9.12. The van der Waals surface area contributed by atoms with E-state index < -0.39 is 0 Å². The van der Waals surface area contributed by atoms with Crippen LogP contribution >= 0.6 is 0 Å². The van der Waals surface area contributed by atoms with Crippen molar-refractivity contribution in [3.05, 3.63) is 0 Å². The summed E-state index contributed by atoms with van der Waals surface area (Å²) in [5.74, 6) is 0. The van der Waals surface area contributed by atoms with Crippen molar-refractivity contribution in [3.63, 3.8) is 0 Å². The first-order valence-electron chi connectivity index (χ1n) is 3.91. The Hall–Kier alpha value is 1.05. The van der Waals surface area contributed by atoms with Gasteiger partial charge in [0.05, 0.1) is 0 Å². The molecule has 0 aromatic carbocycles. The quantitative estimate of drug-likeness (QED) is 0.704. The molecule has 11 heavy (non-hydrogen) atoms. The summed E-state index contributed by atoms with van der Waals surface area (Å²) < 4.78 is 6.72. The molecule has 0 atom stereocenters. The van der Waals surface area contributed by atoms with Gasteiger partial charge < -0.3 is 0 Å². The molecule has 0 amide bonds. The van der Waals surface area contributed by atoms with Crippen LogP contribution in [0.15, 0.2) is 0 Å². The zero-order valence-electron chi connectivity index (χ0n) is 8.41. The van der Waals surface area contributed by atoms with Crippen molar-refractivity contribution in [2.75, 3.05) is 0 Å². The fourth-order valence-electron chi connectivity index (χ4n) is 0.332. The molecule has 1 nitrogen and oxygen atoms in total. The van der Waals surface area contributed by atoms with Gasteiger partial charge in [-0.05, 0) is 0 Å². The van der Waals surface area contributed by atoms with Gasteiger partial charge in [-0.3, -0.25) is 0 Å². The van der Waals surface area contributed by atoms with Crippen molar-refractivity contribution < 1.29 is 2.79 Å². The van der Waals surface area contributed by atoms with E-state index in [-0.39, 0.29) is 31.5 Å². The Kier molecular flexibility index (Phi) is 4.74. The van der Waals surface area contributed by atoms with Crippen LogP contribution in [0.4, 0.5) is 0 Å². The van der Waals surface area contributed by atoms with Crippen molar-refractivity contribution >= 4 is 31.5 Å². The standard InChI is InChI=1S/C8H18Ge2O/c1-7(2,3)9-11-10-8(4,5)6/h1-6H3. The molecule has 0 N–H and O–H groups in total. The van der Waals surface area contributed by atoms with Crippen LogP contribution in [0, 0.1) is 0 Å². The molecule has 0 aliphatic rings. The normalized spacial score (nSPS) is 13.6. The van der Waals surface area contributed by atoms with E-state index >= 15 is 0 Å². The molecule has 0 spiro atoms. The minimum atomic E-state index is -0.156. The molecular weight excluding hydrogens is 257 g/mol. The Balaban J connectivity index is 3.44. The maximum atomic E-state index is 5.81. The van der Waals surface area contributed by atoms with Crippen molar-refractivity contribution in [3.8, 4) is 0 Å². The molecule has 0 rings (SSSR count). The topological polar surface area (TPSA) is 9.23 Å². The van der Waals surface area contributed by atoms with E-state index in [1.54, 1.807) is 0 Å². The van der Waals surface area contributed by atoms with E-state index in [2.05, 4.69) is 41.5 Å². The van der Waals surface area contributed by atoms with Crippen molar-refractivity contribution in [2.45, 2.75) is 50.0 Å². The molecule has 64 valence electrons. The van der Waals surface area contributed by atoms with Gasteiger partial charge in [-0.15, -0.1) is 0 Å². The predicted molar refractivity (Wildman–Crippen MR) is 52.0 cm³/mol. The molecule has 0 aromatic heterocycles. The van der Waals surface area contributed by atoms with E-state index in [0.717, 1.165) is 0 Å². The Morgan fingerprint density at radius 1 is 0.727 bits per heavy atom. The summed E-state index contributed by atoms with van der Waals surface area (Å²) in [5.41, 5.74) is 0. The Bertz CT molecular complexity index is 96.2. The van der Waals surface area contributed by atoms with E-state index in [4.69, 9.17) is 2.79 Å². The van der Waals surface area contributed by atoms with E-state index in [1.807, 2.05) is 0 Å². The van der Waals surface area contributed by atoms with Crippen LogP contribution in [0.3, 0.4) is 0 Å². The van der Waals surface area contributed by atoms with Crippen LogP contribution < -0.4 is 0 Å². The molecule has 0 aliphatic heterocycles. The molecule has 0 aromatic rings. The number of hydrogen-bond acceptors (Lipinski definition) is 1. The van der Waals surface area contributed by atoms with Crippen LogP contribution in [0.1, 0.15) is 41.5 Å². The molecule has 0 unspecified atom stereocenters. The molecule has 0 saturated carbocycles.